The van der Waals surface area contributed by atoms with E-state index in [1.54, 1.807) is 11.1 Å². The van der Waals surface area contributed by atoms with Gasteiger partial charge in [0.25, 0.3) is 0 Å². The molecular weight excluding hydrogens is 318 g/mol. The predicted octanol–water partition coefficient (Wildman–Crippen LogP) is 4.37. The van der Waals surface area contributed by atoms with E-state index in [1.165, 1.54) is 22.2 Å². The van der Waals surface area contributed by atoms with Crippen molar-refractivity contribution in [1.82, 2.24) is 5.32 Å². The fourth-order valence-corrected chi connectivity index (χ4v) is 4.64. The maximum absolute atomic E-state index is 3.54. The molecule has 3 rings (SSSR count). The monoisotopic (exact) mass is 335 g/mol. The highest BCUT2D eigenvalue weighted by Gasteiger charge is 2.28. The van der Waals surface area contributed by atoms with Crippen LogP contribution in [0.25, 0.3) is 0 Å². The lowest BCUT2D eigenvalue weighted by Crippen LogP contribution is -2.33. The molecule has 1 heterocycles. The van der Waals surface area contributed by atoms with Gasteiger partial charge in [-0.25, -0.2) is 0 Å². The molecule has 1 nitrogen and oxygen atoms in total. The first-order valence-corrected chi connectivity index (χ1v) is 8.43. The Hall–Kier alpha value is -0.640. The number of rotatable bonds is 4. The largest absolute Gasteiger partial charge is 0.316 e. The molecule has 0 radical (unpaired) electrons. The van der Waals surface area contributed by atoms with Gasteiger partial charge in [0.2, 0.25) is 0 Å². The first kappa shape index (κ1) is 13.3. The van der Waals surface area contributed by atoms with Gasteiger partial charge in [-0.15, -0.1) is 11.3 Å². The van der Waals surface area contributed by atoms with E-state index in [4.69, 9.17) is 0 Å². The van der Waals surface area contributed by atoms with Crippen molar-refractivity contribution in [3.8, 4) is 0 Å². The highest BCUT2D eigenvalue weighted by Crippen LogP contribution is 2.36. The summed E-state index contributed by atoms with van der Waals surface area (Å²) in [6.07, 6.45) is 3.62. The molecule has 1 aromatic heterocycles. The maximum Gasteiger partial charge on any atom is 0.0285 e. The normalized spacial score (nSPS) is 19.4. The van der Waals surface area contributed by atoms with Crippen LogP contribution in [0.2, 0.25) is 0 Å². The van der Waals surface area contributed by atoms with Gasteiger partial charge < -0.3 is 5.32 Å². The zero-order valence-electron chi connectivity index (χ0n) is 11.0. The molecule has 0 saturated carbocycles. The predicted molar refractivity (Wildman–Crippen MR) is 86.1 cm³/mol. The minimum absolute atomic E-state index is 0.536. The Morgan fingerprint density at radius 1 is 1.42 bits per heavy atom. The molecule has 2 atom stereocenters. The Bertz CT molecular complexity index is 563. The zero-order valence-corrected chi connectivity index (χ0v) is 13.4. The van der Waals surface area contributed by atoms with E-state index >= 15 is 0 Å². The van der Waals surface area contributed by atoms with Crippen molar-refractivity contribution in [2.75, 3.05) is 7.05 Å². The summed E-state index contributed by atoms with van der Waals surface area (Å²) in [5.41, 5.74) is 3.09. The Balaban J connectivity index is 1.80. The quantitative estimate of drug-likeness (QED) is 0.874. The second-order valence-electron chi connectivity index (χ2n) is 5.17. The van der Waals surface area contributed by atoms with Crippen molar-refractivity contribution >= 4 is 27.3 Å². The molecule has 100 valence electrons. The molecule has 2 aromatic rings. The molecule has 0 amide bonds. The number of likely N-dealkylation sites (N-methyl/N-ethyl adjacent to an activating group) is 1. The lowest BCUT2D eigenvalue weighted by Gasteiger charge is -2.23. The lowest BCUT2D eigenvalue weighted by molar-refractivity contribution is 0.458. The van der Waals surface area contributed by atoms with Gasteiger partial charge in [0, 0.05) is 26.7 Å². The van der Waals surface area contributed by atoms with E-state index in [1.807, 2.05) is 11.3 Å². The van der Waals surface area contributed by atoms with Crippen molar-refractivity contribution in [1.29, 1.82) is 0 Å². The van der Waals surface area contributed by atoms with Gasteiger partial charge in [-0.2, -0.15) is 0 Å². The summed E-state index contributed by atoms with van der Waals surface area (Å²) in [6.45, 7) is 0. The number of thiophene rings is 1. The fourth-order valence-electron chi connectivity index (χ4n) is 3.13. The van der Waals surface area contributed by atoms with Crippen LogP contribution in [0.5, 0.6) is 0 Å². The molecule has 19 heavy (non-hydrogen) atoms. The van der Waals surface area contributed by atoms with Gasteiger partial charge in [-0.3, -0.25) is 0 Å². The SMILES string of the molecule is CNC(Cc1cc(Br)cs1)C1CCc2ccccc21. The number of hydrogen-bond acceptors (Lipinski definition) is 2. The Kier molecular flexibility index (Phi) is 4.06. The van der Waals surface area contributed by atoms with Crippen molar-refractivity contribution in [2.45, 2.75) is 31.2 Å². The highest BCUT2D eigenvalue weighted by atomic mass is 79.9. The number of aryl methyl sites for hydroxylation is 1. The maximum atomic E-state index is 3.54. The van der Waals surface area contributed by atoms with Crippen LogP contribution in [-0.4, -0.2) is 13.1 Å². The average molecular weight is 336 g/mol. The van der Waals surface area contributed by atoms with Crippen LogP contribution in [0.4, 0.5) is 0 Å². The van der Waals surface area contributed by atoms with Gasteiger partial charge in [0.05, 0.1) is 0 Å². The average Bonchev–Trinajstić information content (AvgIpc) is 3.02. The molecule has 2 unspecified atom stereocenters. The van der Waals surface area contributed by atoms with Crippen LogP contribution in [-0.2, 0) is 12.8 Å². The minimum Gasteiger partial charge on any atom is -0.316 e. The van der Waals surface area contributed by atoms with Crippen molar-refractivity contribution in [2.24, 2.45) is 0 Å². The molecule has 1 aromatic carbocycles. The standard InChI is InChI=1S/C16H18BrNS/c1-18-16(9-13-8-12(17)10-19-13)15-7-6-11-4-2-3-5-14(11)15/h2-5,8,10,15-16,18H,6-7,9H2,1H3. The van der Waals surface area contributed by atoms with Gasteiger partial charge in [0.15, 0.2) is 0 Å². The molecular formula is C16H18BrNS. The fraction of sp³-hybridized carbons (Fsp3) is 0.375. The second-order valence-corrected chi connectivity index (χ2v) is 7.09. The first-order valence-electron chi connectivity index (χ1n) is 6.76. The second kappa shape index (κ2) is 5.78. The lowest BCUT2D eigenvalue weighted by atomic mass is 9.91. The number of halogens is 1. The smallest absolute Gasteiger partial charge is 0.0285 e. The Labute approximate surface area is 127 Å². The Morgan fingerprint density at radius 3 is 3.00 bits per heavy atom. The molecule has 0 aliphatic heterocycles. The zero-order chi connectivity index (χ0) is 13.2. The van der Waals surface area contributed by atoms with Crippen molar-refractivity contribution in [3.63, 3.8) is 0 Å². The van der Waals surface area contributed by atoms with Crippen LogP contribution in [0.1, 0.15) is 28.3 Å². The summed E-state index contributed by atoms with van der Waals surface area (Å²) >= 11 is 5.39. The van der Waals surface area contributed by atoms with E-state index in [0.29, 0.717) is 12.0 Å². The van der Waals surface area contributed by atoms with Crippen molar-refractivity contribution in [3.05, 3.63) is 56.2 Å². The third-order valence-corrected chi connectivity index (χ3v) is 5.80. The summed E-state index contributed by atoms with van der Waals surface area (Å²) in [5.74, 6) is 0.655. The van der Waals surface area contributed by atoms with E-state index < -0.39 is 0 Å². The topological polar surface area (TPSA) is 12.0 Å². The molecule has 1 aliphatic carbocycles. The molecule has 0 saturated heterocycles. The molecule has 0 fully saturated rings. The number of benzene rings is 1. The van der Waals surface area contributed by atoms with E-state index in [-0.39, 0.29) is 0 Å². The molecule has 1 aliphatic rings. The molecule has 1 N–H and O–H groups in total. The van der Waals surface area contributed by atoms with E-state index in [2.05, 4.69) is 64.0 Å². The van der Waals surface area contributed by atoms with Crippen LogP contribution in [0.15, 0.2) is 40.2 Å². The first-order chi connectivity index (χ1) is 9.28. The van der Waals surface area contributed by atoms with E-state index in [0.717, 1.165) is 6.42 Å². The summed E-state index contributed by atoms with van der Waals surface area (Å²) in [4.78, 5) is 1.45. The highest BCUT2D eigenvalue weighted by molar-refractivity contribution is 9.10. The van der Waals surface area contributed by atoms with Gasteiger partial charge >= 0.3 is 0 Å². The summed E-state index contributed by atoms with van der Waals surface area (Å²) in [7, 11) is 2.09. The minimum atomic E-state index is 0.536. The summed E-state index contributed by atoms with van der Waals surface area (Å²) in [5, 5.41) is 5.71. The summed E-state index contributed by atoms with van der Waals surface area (Å²) < 4.78 is 1.20. The third kappa shape index (κ3) is 2.78. The van der Waals surface area contributed by atoms with Gasteiger partial charge in [0.1, 0.15) is 0 Å². The third-order valence-electron chi connectivity index (χ3n) is 4.08. The number of fused-ring (bicyclic) bond motifs is 1. The van der Waals surface area contributed by atoms with Crippen LogP contribution in [0, 0.1) is 0 Å². The summed E-state index contributed by atoms with van der Waals surface area (Å²) in [6, 6.07) is 11.7. The molecule has 0 bridgehead atoms. The van der Waals surface area contributed by atoms with Crippen LogP contribution >= 0.6 is 27.3 Å². The van der Waals surface area contributed by atoms with Gasteiger partial charge in [-0.05, 0) is 59.4 Å². The molecule has 3 heteroatoms. The molecule has 0 spiro atoms. The Morgan fingerprint density at radius 2 is 2.26 bits per heavy atom. The van der Waals surface area contributed by atoms with Gasteiger partial charge in [-0.1, -0.05) is 24.3 Å². The number of hydrogen-bond donors (Lipinski definition) is 1. The van der Waals surface area contributed by atoms with Crippen LogP contribution < -0.4 is 5.32 Å². The number of nitrogens with one attached hydrogen (secondary N) is 1. The van der Waals surface area contributed by atoms with Crippen LogP contribution in [0.3, 0.4) is 0 Å². The van der Waals surface area contributed by atoms with Crippen molar-refractivity contribution < 1.29 is 0 Å². The van der Waals surface area contributed by atoms with E-state index in [9.17, 15) is 0 Å².